The number of hydrogen-bond acceptors (Lipinski definition) is 4. The van der Waals surface area contributed by atoms with Gasteiger partial charge in [-0.25, -0.2) is 0 Å². The molecule has 25 heavy (non-hydrogen) atoms. The lowest BCUT2D eigenvalue weighted by Gasteiger charge is -2.10. The molecule has 1 aromatic carbocycles. The second-order valence-corrected chi connectivity index (χ2v) is 5.58. The molecule has 3 N–H and O–H groups in total. The number of furan rings is 1. The van der Waals surface area contributed by atoms with Gasteiger partial charge < -0.3 is 15.1 Å². The number of amides is 2. The third-order valence-corrected chi connectivity index (χ3v) is 3.26. The van der Waals surface area contributed by atoms with E-state index in [1.54, 1.807) is 42.5 Å². The second kappa shape index (κ2) is 9.39. The molecule has 0 saturated carbocycles. The number of thiocarbonyl (C=S) groups is 1. The van der Waals surface area contributed by atoms with Crippen LogP contribution < -0.4 is 16.0 Å². The number of anilines is 2. The summed E-state index contributed by atoms with van der Waals surface area (Å²) in [6.07, 6.45) is 5.64. The van der Waals surface area contributed by atoms with Crippen molar-refractivity contribution >= 4 is 46.6 Å². The Hall–Kier alpha value is -2.93. The smallest absolute Gasteiger partial charge is 0.250 e. The van der Waals surface area contributed by atoms with E-state index in [0.29, 0.717) is 23.6 Å². The Balaban J connectivity index is 1.87. The molecule has 0 spiro atoms. The Morgan fingerprint density at radius 3 is 2.60 bits per heavy atom. The molecule has 0 fully saturated rings. The van der Waals surface area contributed by atoms with Crippen molar-refractivity contribution in [2.45, 2.75) is 19.8 Å². The first-order chi connectivity index (χ1) is 12.1. The number of rotatable bonds is 6. The minimum Gasteiger partial charge on any atom is -0.465 e. The van der Waals surface area contributed by atoms with E-state index in [0.717, 1.165) is 6.42 Å². The molecule has 0 saturated heterocycles. The van der Waals surface area contributed by atoms with Gasteiger partial charge in [0.25, 0.3) is 0 Å². The van der Waals surface area contributed by atoms with E-state index in [1.165, 1.54) is 12.3 Å². The van der Waals surface area contributed by atoms with Crippen LogP contribution in [0.25, 0.3) is 6.08 Å². The van der Waals surface area contributed by atoms with Crippen LogP contribution in [-0.2, 0) is 9.59 Å². The molecule has 7 heteroatoms. The zero-order valence-electron chi connectivity index (χ0n) is 13.7. The van der Waals surface area contributed by atoms with Crippen LogP contribution >= 0.6 is 12.2 Å². The van der Waals surface area contributed by atoms with Crippen LogP contribution in [0.15, 0.2) is 53.2 Å². The number of carbonyl (C=O) groups excluding carboxylic acids is 2. The van der Waals surface area contributed by atoms with Crippen LogP contribution in [0.4, 0.5) is 11.4 Å². The third-order valence-electron chi connectivity index (χ3n) is 3.06. The van der Waals surface area contributed by atoms with Gasteiger partial charge >= 0.3 is 0 Å². The van der Waals surface area contributed by atoms with Crippen molar-refractivity contribution in [2.75, 3.05) is 10.6 Å². The number of benzene rings is 1. The maximum absolute atomic E-state index is 11.8. The van der Waals surface area contributed by atoms with E-state index >= 15 is 0 Å². The number of hydrogen-bond donors (Lipinski definition) is 3. The average molecular weight is 357 g/mol. The summed E-state index contributed by atoms with van der Waals surface area (Å²) in [5, 5.41) is 8.40. The van der Waals surface area contributed by atoms with Crippen molar-refractivity contribution in [3.63, 3.8) is 0 Å². The van der Waals surface area contributed by atoms with Gasteiger partial charge in [0, 0.05) is 23.9 Å². The van der Waals surface area contributed by atoms with Gasteiger partial charge in [-0.3, -0.25) is 14.9 Å². The Bertz CT molecular complexity index is 770. The Labute approximate surface area is 151 Å². The molecular formula is C18H19N3O3S. The van der Waals surface area contributed by atoms with Crippen molar-refractivity contribution in [2.24, 2.45) is 0 Å². The zero-order valence-corrected chi connectivity index (χ0v) is 14.6. The molecule has 0 bridgehead atoms. The molecule has 0 aliphatic carbocycles. The first-order valence-corrected chi connectivity index (χ1v) is 8.21. The van der Waals surface area contributed by atoms with Gasteiger partial charge in [-0.2, -0.15) is 0 Å². The van der Waals surface area contributed by atoms with E-state index in [9.17, 15) is 9.59 Å². The maximum atomic E-state index is 11.8. The highest BCUT2D eigenvalue weighted by molar-refractivity contribution is 7.80. The first kappa shape index (κ1) is 18.4. The van der Waals surface area contributed by atoms with Gasteiger partial charge in [-0.15, -0.1) is 0 Å². The van der Waals surface area contributed by atoms with Crippen LogP contribution in [0.3, 0.4) is 0 Å². The van der Waals surface area contributed by atoms with Gasteiger partial charge in [0.2, 0.25) is 11.8 Å². The lowest BCUT2D eigenvalue weighted by atomic mass is 10.2. The van der Waals surface area contributed by atoms with Crippen LogP contribution in [0.2, 0.25) is 0 Å². The lowest BCUT2D eigenvalue weighted by molar-refractivity contribution is -0.116. The Morgan fingerprint density at radius 2 is 1.92 bits per heavy atom. The zero-order chi connectivity index (χ0) is 18.1. The normalized spacial score (nSPS) is 10.4. The minimum absolute atomic E-state index is 0.0430. The third kappa shape index (κ3) is 6.60. The lowest BCUT2D eigenvalue weighted by Crippen LogP contribution is -2.32. The predicted molar refractivity (Wildman–Crippen MR) is 102 cm³/mol. The molecule has 0 aliphatic heterocycles. The SMILES string of the molecule is CCCC(=O)Nc1cccc(NC(=S)NC(=O)/C=C/c2ccco2)c1. The summed E-state index contributed by atoms with van der Waals surface area (Å²) in [4.78, 5) is 23.4. The molecule has 0 aliphatic rings. The van der Waals surface area contributed by atoms with Gasteiger partial charge in [0.05, 0.1) is 6.26 Å². The maximum Gasteiger partial charge on any atom is 0.250 e. The fraction of sp³-hybridized carbons (Fsp3) is 0.167. The van der Waals surface area contributed by atoms with Crippen LogP contribution in [-0.4, -0.2) is 16.9 Å². The summed E-state index contributed by atoms with van der Waals surface area (Å²) in [6, 6.07) is 10.6. The van der Waals surface area contributed by atoms with Crippen LogP contribution in [0.1, 0.15) is 25.5 Å². The standard InChI is InChI=1S/C18H19N3O3S/c1-2-5-16(22)19-13-6-3-7-14(12-13)20-18(25)21-17(23)10-9-15-8-4-11-24-15/h3-4,6-12H,2,5H2,1H3,(H,19,22)(H2,20,21,23,25)/b10-9+. The quantitative estimate of drug-likeness (QED) is 0.544. The van der Waals surface area contributed by atoms with E-state index in [4.69, 9.17) is 16.6 Å². The fourth-order valence-corrected chi connectivity index (χ4v) is 2.20. The molecule has 0 unspecified atom stereocenters. The van der Waals surface area contributed by atoms with Crippen LogP contribution in [0.5, 0.6) is 0 Å². The Kier molecular flexibility index (Phi) is 6.91. The predicted octanol–water partition coefficient (Wildman–Crippen LogP) is 3.54. The molecule has 1 heterocycles. The van der Waals surface area contributed by atoms with Crippen LogP contribution in [0, 0.1) is 0 Å². The molecule has 2 amide bonds. The first-order valence-electron chi connectivity index (χ1n) is 7.80. The minimum atomic E-state index is -0.374. The van der Waals surface area contributed by atoms with Crippen molar-refractivity contribution < 1.29 is 14.0 Å². The van der Waals surface area contributed by atoms with Crippen molar-refractivity contribution in [1.29, 1.82) is 0 Å². The van der Waals surface area contributed by atoms with Gasteiger partial charge in [0.1, 0.15) is 5.76 Å². The highest BCUT2D eigenvalue weighted by atomic mass is 32.1. The summed E-state index contributed by atoms with van der Waals surface area (Å²) in [6.45, 7) is 1.94. The summed E-state index contributed by atoms with van der Waals surface area (Å²) >= 11 is 5.11. The van der Waals surface area contributed by atoms with E-state index < -0.39 is 0 Å². The molecule has 2 rings (SSSR count). The second-order valence-electron chi connectivity index (χ2n) is 5.17. The van der Waals surface area contributed by atoms with Crippen molar-refractivity contribution in [1.82, 2.24) is 5.32 Å². The topological polar surface area (TPSA) is 83.4 Å². The van der Waals surface area contributed by atoms with Gasteiger partial charge in [-0.1, -0.05) is 13.0 Å². The summed E-state index contributed by atoms with van der Waals surface area (Å²) in [7, 11) is 0. The van der Waals surface area contributed by atoms with E-state index in [-0.39, 0.29) is 16.9 Å². The van der Waals surface area contributed by atoms with E-state index in [2.05, 4.69) is 16.0 Å². The average Bonchev–Trinajstić information content (AvgIpc) is 3.06. The van der Waals surface area contributed by atoms with Crippen molar-refractivity contribution in [3.05, 3.63) is 54.5 Å². The Morgan fingerprint density at radius 1 is 1.16 bits per heavy atom. The van der Waals surface area contributed by atoms with Crippen molar-refractivity contribution in [3.8, 4) is 0 Å². The molecule has 1 aromatic heterocycles. The van der Waals surface area contributed by atoms with Gasteiger partial charge in [0.15, 0.2) is 5.11 Å². The molecule has 0 radical (unpaired) electrons. The molecule has 130 valence electrons. The highest BCUT2D eigenvalue weighted by Crippen LogP contribution is 2.15. The number of nitrogens with one attached hydrogen (secondary N) is 3. The summed E-state index contributed by atoms with van der Waals surface area (Å²) in [5.74, 6) is 0.157. The molecule has 0 atom stereocenters. The fourth-order valence-electron chi connectivity index (χ4n) is 1.99. The molecule has 6 nitrogen and oxygen atoms in total. The largest absolute Gasteiger partial charge is 0.465 e. The molecule has 2 aromatic rings. The number of carbonyl (C=O) groups is 2. The monoisotopic (exact) mass is 357 g/mol. The summed E-state index contributed by atoms with van der Waals surface area (Å²) in [5.41, 5.74) is 1.32. The highest BCUT2D eigenvalue weighted by Gasteiger charge is 2.04. The van der Waals surface area contributed by atoms with E-state index in [1.807, 2.05) is 6.92 Å². The molecular weight excluding hydrogens is 338 g/mol. The van der Waals surface area contributed by atoms with Gasteiger partial charge in [-0.05, 0) is 55.0 Å². The summed E-state index contributed by atoms with van der Waals surface area (Å²) < 4.78 is 5.10.